The number of carbonyl (C=O) groups excluding carboxylic acids is 2. The summed E-state index contributed by atoms with van der Waals surface area (Å²) in [6.07, 6.45) is 4.80. The molecule has 0 aliphatic heterocycles. The van der Waals surface area contributed by atoms with E-state index >= 15 is 0 Å². The number of fused-ring (bicyclic) bond motifs is 1. The number of amides is 2. The van der Waals surface area contributed by atoms with Crippen molar-refractivity contribution in [1.82, 2.24) is 20.3 Å². The van der Waals surface area contributed by atoms with Gasteiger partial charge in [0.1, 0.15) is 0 Å². The van der Waals surface area contributed by atoms with Crippen LogP contribution in [0.2, 0.25) is 0 Å². The summed E-state index contributed by atoms with van der Waals surface area (Å²) < 4.78 is 1.48. The van der Waals surface area contributed by atoms with Crippen molar-refractivity contribution < 1.29 is 9.59 Å². The second-order valence-corrected chi connectivity index (χ2v) is 7.04. The Morgan fingerprint density at radius 2 is 1.86 bits per heavy atom. The minimum Gasteiger partial charge on any atom is -0.364 e. The van der Waals surface area contributed by atoms with Crippen molar-refractivity contribution in [2.45, 2.75) is 32.2 Å². The topological polar surface area (TPSA) is 103 Å². The Morgan fingerprint density at radius 3 is 2.57 bits per heavy atom. The van der Waals surface area contributed by atoms with Gasteiger partial charge < -0.3 is 11.1 Å². The molecule has 4 rings (SSSR count). The van der Waals surface area contributed by atoms with Crippen LogP contribution in [0.5, 0.6) is 0 Å². The Kier molecular flexibility index (Phi) is 4.65. The number of rotatable bonds is 5. The summed E-state index contributed by atoms with van der Waals surface area (Å²) in [6.45, 7) is 1.95. The third-order valence-electron chi connectivity index (χ3n) is 5.11. The van der Waals surface area contributed by atoms with E-state index in [2.05, 4.69) is 21.7 Å². The van der Waals surface area contributed by atoms with Crippen LogP contribution in [-0.2, 0) is 12.8 Å². The number of aromatic nitrogens is 3. The van der Waals surface area contributed by atoms with E-state index in [-0.39, 0.29) is 17.6 Å². The molecular weight excluding hydrogens is 354 g/mol. The molecule has 1 heterocycles. The third kappa shape index (κ3) is 3.51. The van der Waals surface area contributed by atoms with Crippen LogP contribution in [0.15, 0.2) is 48.7 Å². The number of primary amides is 1. The summed E-state index contributed by atoms with van der Waals surface area (Å²) in [7, 11) is 0. The number of nitrogens with zero attached hydrogens (tertiary/aromatic N) is 3. The van der Waals surface area contributed by atoms with Crippen LogP contribution in [0.4, 0.5) is 0 Å². The van der Waals surface area contributed by atoms with Crippen molar-refractivity contribution >= 4 is 11.8 Å². The van der Waals surface area contributed by atoms with Crippen LogP contribution in [-0.4, -0.2) is 26.8 Å². The maximum Gasteiger partial charge on any atom is 0.270 e. The lowest BCUT2D eigenvalue weighted by Crippen LogP contribution is -2.26. The average molecular weight is 375 g/mol. The second-order valence-electron chi connectivity index (χ2n) is 7.04. The van der Waals surface area contributed by atoms with Crippen LogP contribution >= 0.6 is 0 Å². The second kappa shape index (κ2) is 7.26. The van der Waals surface area contributed by atoms with Crippen LogP contribution in [0, 0.1) is 0 Å². The van der Waals surface area contributed by atoms with E-state index in [4.69, 9.17) is 5.73 Å². The van der Waals surface area contributed by atoms with Crippen LogP contribution in [0.25, 0.3) is 5.69 Å². The van der Waals surface area contributed by atoms with Crippen LogP contribution < -0.4 is 11.1 Å². The number of aryl methyl sites for hydroxylation is 2. The fourth-order valence-electron chi connectivity index (χ4n) is 3.50. The van der Waals surface area contributed by atoms with Crippen molar-refractivity contribution in [2.24, 2.45) is 5.73 Å². The predicted molar refractivity (Wildman–Crippen MR) is 104 cm³/mol. The number of benzene rings is 2. The molecule has 0 unspecified atom stereocenters. The molecule has 0 radical (unpaired) electrons. The zero-order valence-corrected chi connectivity index (χ0v) is 15.6. The summed E-state index contributed by atoms with van der Waals surface area (Å²) in [5, 5.41) is 10.7. The van der Waals surface area contributed by atoms with Gasteiger partial charge in [-0.1, -0.05) is 23.4 Å². The largest absolute Gasteiger partial charge is 0.364 e. The first kappa shape index (κ1) is 17.9. The SMILES string of the molecule is C[C@H](NC(=O)c1ccc2c(c1)CCC2)c1ccc(-n2cc(C(N)=O)nn2)cc1. The number of hydrogen-bond donors (Lipinski definition) is 2. The minimum atomic E-state index is -0.620. The first-order valence-corrected chi connectivity index (χ1v) is 9.26. The van der Waals surface area contributed by atoms with Gasteiger partial charge in [0.2, 0.25) is 0 Å². The standard InChI is InChI=1S/C21H21N5O2/c1-13(23-21(28)17-6-5-15-3-2-4-16(15)11-17)14-7-9-18(10-8-14)26-12-19(20(22)27)24-25-26/h5-13H,2-4H2,1H3,(H2,22,27)(H,23,28)/t13-/m0/s1. The molecule has 28 heavy (non-hydrogen) atoms. The highest BCUT2D eigenvalue weighted by Gasteiger charge is 2.16. The van der Waals surface area contributed by atoms with Gasteiger partial charge in [-0.05, 0) is 67.1 Å². The first-order valence-electron chi connectivity index (χ1n) is 9.26. The summed E-state index contributed by atoms with van der Waals surface area (Å²) in [4.78, 5) is 23.7. The van der Waals surface area contributed by atoms with E-state index in [9.17, 15) is 9.59 Å². The summed E-state index contributed by atoms with van der Waals surface area (Å²) >= 11 is 0. The van der Waals surface area contributed by atoms with Gasteiger partial charge in [0, 0.05) is 5.56 Å². The zero-order chi connectivity index (χ0) is 19.7. The Labute approximate surface area is 162 Å². The van der Waals surface area contributed by atoms with Gasteiger partial charge in [-0.25, -0.2) is 4.68 Å². The first-order chi connectivity index (χ1) is 13.5. The van der Waals surface area contributed by atoms with E-state index in [1.165, 1.54) is 22.0 Å². The fraction of sp³-hybridized carbons (Fsp3) is 0.238. The quantitative estimate of drug-likeness (QED) is 0.714. The lowest BCUT2D eigenvalue weighted by Gasteiger charge is -2.15. The van der Waals surface area contributed by atoms with Gasteiger partial charge in [0.15, 0.2) is 5.69 Å². The molecule has 1 aliphatic carbocycles. The smallest absolute Gasteiger partial charge is 0.270 e. The molecule has 7 nitrogen and oxygen atoms in total. The summed E-state index contributed by atoms with van der Waals surface area (Å²) in [5.74, 6) is -0.695. The molecular formula is C21H21N5O2. The Hall–Kier alpha value is -3.48. The highest BCUT2D eigenvalue weighted by Crippen LogP contribution is 2.23. The predicted octanol–water partition coefficient (Wildman–Crippen LogP) is 2.35. The average Bonchev–Trinajstić information content (AvgIpc) is 3.37. The van der Waals surface area contributed by atoms with Gasteiger partial charge in [-0.3, -0.25) is 9.59 Å². The monoisotopic (exact) mass is 375 g/mol. The Balaban J connectivity index is 1.45. The molecule has 1 aliphatic rings. The number of hydrogen-bond acceptors (Lipinski definition) is 4. The molecule has 142 valence electrons. The third-order valence-corrected chi connectivity index (χ3v) is 5.11. The number of carbonyl (C=O) groups is 2. The zero-order valence-electron chi connectivity index (χ0n) is 15.6. The molecule has 2 aromatic carbocycles. The number of nitrogens with two attached hydrogens (primary N) is 1. The van der Waals surface area contributed by atoms with Crippen LogP contribution in [0.1, 0.15) is 56.9 Å². The van der Waals surface area contributed by atoms with E-state index in [1.54, 1.807) is 0 Å². The van der Waals surface area contributed by atoms with Gasteiger partial charge in [-0.2, -0.15) is 0 Å². The van der Waals surface area contributed by atoms with Crippen molar-refractivity contribution in [3.05, 3.63) is 76.6 Å². The van der Waals surface area contributed by atoms with Crippen molar-refractivity contribution in [2.75, 3.05) is 0 Å². The van der Waals surface area contributed by atoms with Gasteiger partial charge in [0.05, 0.1) is 17.9 Å². The minimum absolute atomic E-state index is 0.0753. The summed E-state index contributed by atoms with van der Waals surface area (Å²) in [6, 6.07) is 13.4. The molecule has 0 saturated carbocycles. The lowest BCUT2D eigenvalue weighted by atomic mass is 10.0. The molecule has 0 fully saturated rings. The molecule has 1 atom stereocenters. The molecule has 0 spiro atoms. The van der Waals surface area contributed by atoms with Crippen molar-refractivity contribution in [3.8, 4) is 5.69 Å². The maximum absolute atomic E-state index is 12.6. The van der Waals surface area contributed by atoms with Crippen LogP contribution in [0.3, 0.4) is 0 Å². The molecule has 1 aromatic heterocycles. The highest BCUT2D eigenvalue weighted by atomic mass is 16.2. The van der Waals surface area contributed by atoms with Crippen molar-refractivity contribution in [1.29, 1.82) is 0 Å². The normalized spacial score (nSPS) is 13.8. The molecule has 0 saturated heterocycles. The van der Waals surface area contributed by atoms with Crippen molar-refractivity contribution in [3.63, 3.8) is 0 Å². The Bertz CT molecular complexity index is 1040. The van der Waals surface area contributed by atoms with Gasteiger partial charge in [0.25, 0.3) is 11.8 Å². The highest BCUT2D eigenvalue weighted by molar-refractivity contribution is 5.94. The van der Waals surface area contributed by atoms with E-state index < -0.39 is 5.91 Å². The number of nitrogens with one attached hydrogen (secondary N) is 1. The fourth-order valence-corrected chi connectivity index (χ4v) is 3.50. The molecule has 2 amide bonds. The molecule has 3 aromatic rings. The molecule has 0 bridgehead atoms. The van der Waals surface area contributed by atoms with E-state index in [0.717, 1.165) is 30.5 Å². The van der Waals surface area contributed by atoms with E-state index in [1.807, 2.05) is 43.3 Å². The molecule has 7 heteroatoms. The lowest BCUT2D eigenvalue weighted by molar-refractivity contribution is 0.0938. The van der Waals surface area contributed by atoms with Gasteiger partial charge >= 0.3 is 0 Å². The van der Waals surface area contributed by atoms with Gasteiger partial charge in [-0.15, -0.1) is 5.10 Å². The van der Waals surface area contributed by atoms with E-state index in [0.29, 0.717) is 5.56 Å². The maximum atomic E-state index is 12.6. The molecule has 3 N–H and O–H groups in total. The summed E-state index contributed by atoms with van der Waals surface area (Å²) in [5.41, 5.74) is 10.4. The Morgan fingerprint density at radius 1 is 1.11 bits per heavy atom.